The Morgan fingerprint density at radius 3 is 2.29 bits per heavy atom. The normalized spacial score (nSPS) is 11.5. The molecule has 0 amide bonds. The Morgan fingerprint density at radius 1 is 1.29 bits per heavy atom. The first kappa shape index (κ1) is 17.5. The number of rotatable bonds is 7. The van der Waals surface area contributed by atoms with Crippen LogP contribution in [0, 0.1) is 5.92 Å². The Balaban J connectivity index is -0.000000720. The summed E-state index contributed by atoms with van der Waals surface area (Å²) in [5.74, 6) is 0.697. The van der Waals surface area contributed by atoms with Crippen LogP contribution in [0.4, 0.5) is 0 Å². The van der Waals surface area contributed by atoms with E-state index < -0.39 is 7.82 Å². The van der Waals surface area contributed by atoms with Crippen LogP contribution in [0.5, 0.6) is 0 Å². The minimum Gasteiger partial charge on any atom is -1.00 e. The average Bonchev–Trinajstić information content (AvgIpc) is 1.93. The molecule has 0 spiro atoms. The smallest absolute Gasteiger partial charge is 1.00 e. The van der Waals surface area contributed by atoms with Crippen molar-refractivity contribution in [2.24, 2.45) is 5.92 Å². The number of phosphoric acid groups is 1. The van der Waals surface area contributed by atoms with Crippen molar-refractivity contribution < 1.29 is 49.9 Å². The second-order valence-corrected chi connectivity index (χ2v) is 4.81. The van der Waals surface area contributed by atoms with Crippen molar-refractivity contribution in [3.63, 3.8) is 0 Å². The second kappa shape index (κ2) is 9.34. The molecular formula is C8H20NaO4P. The summed E-state index contributed by atoms with van der Waals surface area (Å²) in [6.07, 6.45) is 3.95. The molecule has 0 aromatic carbocycles. The maximum atomic E-state index is 10.2. The largest absolute Gasteiger partial charge is 1.00 e. The van der Waals surface area contributed by atoms with Gasteiger partial charge in [-0.2, -0.15) is 0 Å². The summed E-state index contributed by atoms with van der Waals surface area (Å²) in [7, 11) is -4.23. The second-order valence-electron chi connectivity index (χ2n) is 3.57. The average molecular weight is 234 g/mol. The molecule has 82 valence electrons. The van der Waals surface area contributed by atoms with Crippen LogP contribution in [0.25, 0.3) is 0 Å². The van der Waals surface area contributed by atoms with Crippen LogP contribution >= 0.6 is 7.82 Å². The third kappa shape index (κ3) is 15.6. The first-order chi connectivity index (χ1) is 5.92. The number of unbranched alkanes of at least 4 members (excludes halogenated alkanes) is 2. The zero-order valence-electron chi connectivity index (χ0n) is 10.3. The molecule has 0 rings (SSSR count). The molecule has 0 aliphatic rings. The fourth-order valence-corrected chi connectivity index (χ4v) is 1.38. The Kier molecular flexibility index (Phi) is 11.7. The molecule has 0 aliphatic carbocycles. The third-order valence-electron chi connectivity index (χ3n) is 1.69. The molecule has 4 nitrogen and oxygen atoms in total. The van der Waals surface area contributed by atoms with Gasteiger partial charge in [0.05, 0.1) is 6.61 Å². The SMILES string of the molecule is CC(C)CCCCCOP(=O)(O)O.[H-].[Na+]. The van der Waals surface area contributed by atoms with Crippen LogP contribution in [-0.4, -0.2) is 16.4 Å². The van der Waals surface area contributed by atoms with Gasteiger partial charge in [0.15, 0.2) is 0 Å². The topological polar surface area (TPSA) is 66.8 Å². The van der Waals surface area contributed by atoms with Crippen molar-refractivity contribution in [2.45, 2.75) is 39.5 Å². The standard InChI is InChI=1S/C8H19O4P.Na.H/c1-8(2)6-4-3-5-7-12-13(9,10)11;;/h8H,3-7H2,1-2H3,(H2,9,10,11);;/q;+1;-1. The van der Waals surface area contributed by atoms with E-state index in [2.05, 4.69) is 18.4 Å². The summed E-state index contributed by atoms with van der Waals surface area (Å²) in [5, 5.41) is 0. The molecule has 0 heterocycles. The molecule has 0 aromatic heterocycles. The molecule has 0 fully saturated rings. The zero-order chi connectivity index (χ0) is 10.3. The van der Waals surface area contributed by atoms with Gasteiger partial charge in [-0.25, -0.2) is 4.57 Å². The van der Waals surface area contributed by atoms with Crippen molar-refractivity contribution in [1.82, 2.24) is 0 Å². The summed E-state index contributed by atoms with van der Waals surface area (Å²) in [6, 6.07) is 0. The maximum absolute atomic E-state index is 10.2. The molecule has 2 N–H and O–H groups in total. The molecule has 14 heavy (non-hydrogen) atoms. The van der Waals surface area contributed by atoms with E-state index in [1.165, 1.54) is 0 Å². The van der Waals surface area contributed by atoms with Crippen LogP contribution < -0.4 is 29.6 Å². The van der Waals surface area contributed by atoms with E-state index in [4.69, 9.17) is 9.79 Å². The minimum absolute atomic E-state index is 0. The van der Waals surface area contributed by atoms with Crippen molar-refractivity contribution in [3.8, 4) is 0 Å². The van der Waals surface area contributed by atoms with Crippen LogP contribution in [0.1, 0.15) is 41.0 Å². The number of hydrogen-bond donors (Lipinski definition) is 2. The molecule has 0 bridgehead atoms. The van der Waals surface area contributed by atoms with Crippen LogP contribution in [-0.2, 0) is 9.09 Å². The molecule has 0 atom stereocenters. The maximum Gasteiger partial charge on any atom is 1.00 e. The van der Waals surface area contributed by atoms with Gasteiger partial charge in [0.1, 0.15) is 0 Å². The fraction of sp³-hybridized carbons (Fsp3) is 1.00. The monoisotopic (exact) mass is 234 g/mol. The third-order valence-corrected chi connectivity index (χ3v) is 2.20. The van der Waals surface area contributed by atoms with E-state index in [0.29, 0.717) is 5.92 Å². The van der Waals surface area contributed by atoms with Gasteiger partial charge in [-0.15, -0.1) is 0 Å². The molecule has 0 saturated carbocycles. The summed E-state index contributed by atoms with van der Waals surface area (Å²) >= 11 is 0. The molecule has 0 radical (unpaired) electrons. The Hall–Kier alpha value is 1.11. The Labute approximate surface area is 109 Å². The molecule has 0 aliphatic heterocycles. The predicted molar refractivity (Wildman–Crippen MR) is 52.4 cm³/mol. The van der Waals surface area contributed by atoms with E-state index in [1.807, 2.05) is 0 Å². The van der Waals surface area contributed by atoms with Crippen molar-refractivity contribution in [1.29, 1.82) is 0 Å². The van der Waals surface area contributed by atoms with Gasteiger partial charge in [-0.3, -0.25) is 4.52 Å². The van der Waals surface area contributed by atoms with Gasteiger partial charge < -0.3 is 11.2 Å². The molecular weight excluding hydrogens is 214 g/mol. The van der Waals surface area contributed by atoms with Gasteiger partial charge >= 0.3 is 37.4 Å². The van der Waals surface area contributed by atoms with Gasteiger partial charge in [0.25, 0.3) is 0 Å². The molecule has 6 heteroatoms. The predicted octanol–water partition coefficient (Wildman–Crippen LogP) is -0.571. The van der Waals surface area contributed by atoms with Crippen molar-refractivity contribution in [2.75, 3.05) is 6.61 Å². The summed E-state index contributed by atoms with van der Waals surface area (Å²) in [6.45, 7) is 4.47. The van der Waals surface area contributed by atoms with Gasteiger partial charge in [-0.1, -0.05) is 33.1 Å². The van der Waals surface area contributed by atoms with E-state index >= 15 is 0 Å². The molecule has 0 saturated heterocycles. The van der Waals surface area contributed by atoms with Crippen LogP contribution in [0.2, 0.25) is 0 Å². The van der Waals surface area contributed by atoms with E-state index in [9.17, 15) is 4.57 Å². The quantitative estimate of drug-likeness (QED) is 0.351. The van der Waals surface area contributed by atoms with E-state index in [0.717, 1.165) is 25.7 Å². The fourth-order valence-electron chi connectivity index (χ4n) is 1.01. The van der Waals surface area contributed by atoms with Crippen LogP contribution in [0.15, 0.2) is 0 Å². The van der Waals surface area contributed by atoms with E-state index in [1.54, 1.807) is 0 Å². The van der Waals surface area contributed by atoms with Crippen LogP contribution in [0.3, 0.4) is 0 Å². The zero-order valence-corrected chi connectivity index (χ0v) is 12.2. The molecule has 0 unspecified atom stereocenters. The van der Waals surface area contributed by atoms with Gasteiger partial charge in [0, 0.05) is 0 Å². The summed E-state index contributed by atoms with van der Waals surface area (Å²) in [4.78, 5) is 16.7. The number of hydrogen-bond acceptors (Lipinski definition) is 2. The van der Waals surface area contributed by atoms with Gasteiger partial charge in [0.2, 0.25) is 0 Å². The van der Waals surface area contributed by atoms with E-state index in [-0.39, 0.29) is 37.6 Å². The first-order valence-electron chi connectivity index (χ1n) is 4.62. The number of phosphoric ester groups is 1. The first-order valence-corrected chi connectivity index (χ1v) is 6.15. The van der Waals surface area contributed by atoms with Crippen molar-refractivity contribution >= 4 is 7.82 Å². The summed E-state index contributed by atoms with van der Waals surface area (Å²) in [5.41, 5.74) is 0. The Bertz CT molecular complexity index is 174. The van der Waals surface area contributed by atoms with Gasteiger partial charge in [-0.05, 0) is 12.3 Å². The van der Waals surface area contributed by atoms with Crippen molar-refractivity contribution in [3.05, 3.63) is 0 Å². The molecule has 0 aromatic rings. The Morgan fingerprint density at radius 2 is 1.86 bits per heavy atom. The summed E-state index contributed by atoms with van der Waals surface area (Å²) < 4.78 is 14.5. The minimum atomic E-state index is -4.23.